The number of carbonyl (C=O) groups is 2. The van der Waals surface area contributed by atoms with Crippen molar-refractivity contribution in [3.8, 4) is 0 Å². The van der Waals surface area contributed by atoms with E-state index < -0.39 is 5.97 Å². The zero-order valence-electron chi connectivity index (χ0n) is 9.79. The predicted molar refractivity (Wildman–Crippen MR) is 69.0 cm³/mol. The van der Waals surface area contributed by atoms with Gasteiger partial charge in [-0.05, 0) is 31.5 Å². The number of carboxylic acid groups (broad SMARTS) is 1. The number of carboxylic acids is 1. The Balaban J connectivity index is 2.35. The number of hydrogen-bond acceptors (Lipinski definition) is 3. The fraction of sp³-hybridized carbons (Fsp3) is 0.231. The second kappa shape index (κ2) is 4.82. The number of benzene rings is 1. The minimum atomic E-state index is -1.05. The van der Waals surface area contributed by atoms with E-state index in [2.05, 4.69) is 5.32 Å². The van der Waals surface area contributed by atoms with Crippen LogP contribution in [-0.4, -0.2) is 16.9 Å². The number of rotatable bonds is 3. The molecule has 0 heterocycles. The van der Waals surface area contributed by atoms with Crippen molar-refractivity contribution in [2.75, 3.05) is 5.32 Å². The van der Waals surface area contributed by atoms with Gasteiger partial charge in [0.1, 0.15) is 0 Å². The Bertz CT molecular complexity index is 563. The maximum atomic E-state index is 11.4. The van der Waals surface area contributed by atoms with E-state index in [4.69, 9.17) is 16.7 Å². The number of nitrogens with one attached hydrogen (secondary N) is 1. The molecule has 0 saturated carbocycles. The Morgan fingerprint density at radius 1 is 1.39 bits per heavy atom. The number of aromatic carboxylic acids is 1. The molecule has 4 nitrogen and oxygen atoms in total. The zero-order chi connectivity index (χ0) is 13.3. The third kappa shape index (κ3) is 2.38. The fourth-order valence-corrected chi connectivity index (χ4v) is 2.08. The molecule has 1 aliphatic carbocycles. The summed E-state index contributed by atoms with van der Waals surface area (Å²) in [5.41, 5.74) is 2.00. The van der Waals surface area contributed by atoms with Crippen LogP contribution in [0.2, 0.25) is 5.02 Å². The zero-order valence-corrected chi connectivity index (χ0v) is 10.5. The van der Waals surface area contributed by atoms with Crippen molar-refractivity contribution in [3.63, 3.8) is 0 Å². The number of Topliss-reactive ketones (excluding diaryl/α,β-unsaturated/α-hetero) is 1. The molecular formula is C13H12ClNO3. The average molecular weight is 266 g/mol. The summed E-state index contributed by atoms with van der Waals surface area (Å²) in [5.74, 6) is -0.953. The summed E-state index contributed by atoms with van der Waals surface area (Å²) in [5, 5.41) is 12.5. The maximum Gasteiger partial charge on any atom is 0.337 e. The van der Waals surface area contributed by atoms with Gasteiger partial charge in [0, 0.05) is 22.7 Å². The summed E-state index contributed by atoms with van der Waals surface area (Å²) in [6.07, 6.45) is 1.09. The normalized spacial score (nSPS) is 15.1. The van der Waals surface area contributed by atoms with Crippen molar-refractivity contribution in [1.29, 1.82) is 0 Å². The van der Waals surface area contributed by atoms with Crippen LogP contribution in [0.1, 0.15) is 30.1 Å². The molecule has 0 saturated heterocycles. The van der Waals surface area contributed by atoms with Crippen molar-refractivity contribution in [2.24, 2.45) is 0 Å². The molecule has 0 aliphatic heterocycles. The van der Waals surface area contributed by atoms with E-state index in [0.29, 0.717) is 29.1 Å². The Morgan fingerprint density at radius 2 is 2.11 bits per heavy atom. The molecule has 0 unspecified atom stereocenters. The highest BCUT2D eigenvalue weighted by molar-refractivity contribution is 6.31. The molecule has 0 fully saturated rings. The standard InChI is InChI=1S/C13H12ClNO3/c1-7-10(4-5-12(7)16)15-11-3-2-8(14)6-9(11)13(17)18/h2-3,6,15H,4-5H2,1H3,(H,17,18). The van der Waals surface area contributed by atoms with Crippen LogP contribution in [0.3, 0.4) is 0 Å². The molecule has 0 radical (unpaired) electrons. The van der Waals surface area contributed by atoms with Gasteiger partial charge in [0.2, 0.25) is 0 Å². The predicted octanol–water partition coefficient (Wildman–Crippen LogP) is 3.09. The quantitative estimate of drug-likeness (QED) is 0.881. The summed E-state index contributed by atoms with van der Waals surface area (Å²) in [6.45, 7) is 1.74. The summed E-state index contributed by atoms with van der Waals surface area (Å²) in [4.78, 5) is 22.5. The molecular weight excluding hydrogens is 254 g/mol. The van der Waals surface area contributed by atoms with Gasteiger partial charge in [0.25, 0.3) is 0 Å². The van der Waals surface area contributed by atoms with Crippen molar-refractivity contribution in [1.82, 2.24) is 0 Å². The molecule has 1 aromatic carbocycles. The number of halogens is 1. The fourth-order valence-electron chi connectivity index (χ4n) is 1.90. The van der Waals surface area contributed by atoms with Crippen LogP contribution in [0.15, 0.2) is 29.5 Å². The number of carbonyl (C=O) groups excluding carboxylic acids is 1. The van der Waals surface area contributed by atoms with Crippen LogP contribution >= 0.6 is 11.6 Å². The first kappa shape index (κ1) is 12.6. The van der Waals surface area contributed by atoms with Gasteiger partial charge in [0.05, 0.1) is 11.3 Å². The molecule has 0 amide bonds. The minimum Gasteiger partial charge on any atom is -0.478 e. The summed E-state index contributed by atoms with van der Waals surface area (Å²) in [6, 6.07) is 4.61. The van der Waals surface area contributed by atoms with Crippen molar-refractivity contribution >= 4 is 29.0 Å². The SMILES string of the molecule is CC1=C(Nc2ccc(Cl)cc2C(=O)O)CCC1=O. The molecule has 0 aromatic heterocycles. The lowest BCUT2D eigenvalue weighted by atomic mass is 10.1. The number of ketones is 1. The second-order valence-electron chi connectivity index (χ2n) is 4.15. The van der Waals surface area contributed by atoms with E-state index in [1.165, 1.54) is 6.07 Å². The Labute approximate surface area is 109 Å². The van der Waals surface area contributed by atoms with Crippen LogP contribution in [0.4, 0.5) is 5.69 Å². The van der Waals surface area contributed by atoms with Crippen LogP contribution < -0.4 is 5.32 Å². The lowest BCUT2D eigenvalue weighted by Gasteiger charge is -2.11. The highest BCUT2D eigenvalue weighted by atomic mass is 35.5. The molecule has 94 valence electrons. The summed E-state index contributed by atoms with van der Waals surface area (Å²) in [7, 11) is 0. The lowest BCUT2D eigenvalue weighted by Crippen LogP contribution is -2.06. The van der Waals surface area contributed by atoms with Crippen molar-refractivity contribution < 1.29 is 14.7 Å². The monoisotopic (exact) mass is 265 g/mol. The van der Waals surface area contributed by atoms with Crippen LogP contribution in [0.5, 0.6) is 0 Å². The largest absolute Gasteiger partial charge is 0.478 e. The van der Waals surface area contributed by atoms with Gasteiger partial charge in [0.15, 0.2) is 5.78 Å². The molecule has 2 N–H and O–H groups in total. The topological polar surface area (TPSA) is 66.4 Å². The second-order valence-corrected chi connectivity index (χ2v) is 4.58. The van der Waals surface area contributed by atoms with Crippen molar-refractivity contribution in [3.05, 3.63) is 40.1 Å². The number of anilines is 1. The molecule has 1 aliphatic rings. The van der Waals surface area contributed by atoms with E-state index in [0.717, 1.165) is 5.70 Å². The molecule has 1 aromatic rings. The van der Waals surface area contributed by atoms with Crippen molar-refractivity contribution in [2.45, 2.75) is 19.8 Å². The molecule has 0 atom stereocenters. The van der Waals surface area contributed by atoms with Gasteiger partial charge in [-0.25, -0.2) is 4.79 Å². The molecule has 2 rings (SSSR count). The number of hydrogen-bond donors (Lipinski definition) is 2. The van der Waals surface area contributed by atoms with E-state index in [9.17, 15) is 9.59 Å². The van der Waals surface area contributed by atoms with E-state index in [-0.39, 0.29) is 11.3 Å². The summed E-state index contributed by atoms with van der Waals surface area (Å²) >= 11 is 5.77. The van der Waals surface area contributed by atoms with Gasteiger partial charge in [-0.3, -0.25) is 4.79 Å². The van der Waals surface area contributed by atoms with Crippen LogP contribution in [0.25, 0.3) is 0 Å². The average Bonchev–Trinajstić information content (AvgIpc) is 2.63. The van der Waals surface area contributed by atoms with Gasteiger partial charge in [-0.15, -0.1) is 0 Å². The van der Waals surface area contributed by atoms with Gasteiger partial charge in [-0.2, -0.15) is 0 Å². The molecule has 0 bridgehead atoms. The molecule has 5 heteroatoms. The van der Waals surface area contributed by atoms with Gasteiger partial charge >= 0.3 is 5.97 Å². The molecule has 18 heavy (non-hydrogen) atoms. The van der Waals surface area contributed by atoms with Crippen LogP contribution in [0, 0.1) is 0 Å². The lowest BCUT2D eigenvalue weighted by molar-refractivity contribution is -0.114. The molecule has 0 spiro atoms. The van der Waals surface area contributed by atoms with E-state index in [1.807, 2.05) is 0 Å². The highest BCUT2D eigenvalue weighted by Gasteiger charge is 2.20. The highest BCUT2D eigenvalue weighted by Crippen LogP contribution is 2.27. The Kier molecular flexibility index (Phi) is 3.39. The first-order chi connectivity index (χ1) is 8.49. The van der Waals surface area contributed by atoms with Gasteiger partial charge in [-0.1, -0.05) is 11.6 Å². The van der Waals surface area contributed by atoms with E-state index >= 15 is 0 Å². The van der Waals surface area contributed by atoms with E-state index in [1.54, 1.807) is 19.1 Å². The first-order valence-corrected chi connectivity index (χ1v) is 5.89. The number of allylic oxidation sites excluding steroid dienone is 2. The third-order valence-corrected chi connectivity index (χ3v) is 3.21. The smallest absolute Gasteiger partial charge is 0.337 e. The Hall–Kier alpha value is -1.81. The first-order valence-electron chi connectivity index (χ1n) is 5.52. The van der Waals surface area contributed by atoms with Gasteiger partial charge < -0.3 is 10.4 Å². The summed E-state index contributed by atoms with van der Waals surface area (Å²) < 4.78 is 0. The minimum absolute atomic E-state index is 0.0992. The maximum absolute atomic E-state index is 11.4. The Morgan fingerprint density at radius 3 is 2.67 bits per heavy atom. The third-order valence-electron chi connectivity index (χ3n) is 2.97. The van der Waals surface area contributed by atoms with Crippen LogP contribution in [-0.2, 0) is 4.79 Å².